The van der Waals surface area contributed by atoms with Crippen LogP contribution in [-0.4, -0.2) is 19.2 Å². The summed E-state index contributed by atoms with van der Waals surface area (Å²) < 4.78 is 19.5. The first kappa shape index (κ1) is 19.5. The predicted molar refractivity (Wildman–Crippen MR) is 115 cm³/mol. The van der Waals surface area contributed by atoms with Crippen molar-refractivity contribution in [3.05, 3.63) is 88.7 Å². The van der Waals surface area contributed by atoms with Gasteiger partial charge in [0.05, 0.1) is 12.1 Å². The van der Waals surface area contributed by atoms with Gasteiger partial charge in [-0.3, -0.25) is 0 Å². The molecule has 0 atom stereocenters. The van der Waals surface area contributed by atoms with Gasteiger partial charge in [-0.2, -0.15) is 0 Å². The summed E-state index contributed by atoms with van der Waals surface area (Å²) in [7, 11) is 0. The highest BCUT2D eigenvalue weighted by Crippen LogP contribution is 2.44. The number of nitrogen functional groups attached to an aromatic ring is 1. The van der Waals surface area contributed by atoms with Crippen LogP contribution in [0.4, 0.5) is 14.9 Å². The summed E-state index contributed by atoms with van der Waals surface area (Å²) in [5.74, 6) is 5.01. The lowest BCUT2D eigenvalue weighted by atomic mass is 9.98. The molecule has 4 nitrogen and oxygen atoms in total. The van der Waals surface area contributed by atoms with E-state index in [0.29, 0.717) is 11.3 Å². The topological polar surface area (TPSA) is 64.3 Å². The predicted octanol–water partition coefficient (Wildman–Crippen LogP) is 4.61. The van der Waals surface area contributed by atoms with Crippen LogP contribution < -0.4 is 11.1 Å². The minimum absolute atomic E-state index is 0.00100. The summed E-state index contributed by atoms with van der Waals surface area (Å²) in [4.78, 5) is 12.1. The van der Waals surface area contributed by atoms with Crippen LogP contribution in [0.25, 0.3) is 11.1 Å². The first-order chi connectivity index (χ1) is 14.6. The molecule has 3 aromatic carbocycles. The lowest BCUT2D eigenvalue weighted by molar-refractivity contribution is 0.144. The van der Waals surface area contributed by atoms with Crippen molar-refractivity contribution in [1.29, 1.82) is 0 Å². The molecule has 1 aliphatic carbocycles. The molecule has 30 heavy (non-hydrogen) atoms. The average molecular weight is 400 g/mol. The van der Waals surface area contributed by atoms with E-state index in [2.05, 4.69) is 41.4 Å². The molecule has 4 rings (SSSR count). The van der Waals surface area contributed by atoms with E-state index in [1.807, 2.05) is 24.3 Å². The van der Waals surface area contributed by atoms with Crippen LogP contribution in [0.2, 0.25) is 0 Å². The van der Waals surface area contributed by atoms with Crippen molar-refractivity contribution in [1.82, 2.24) is 5.32 Å². The molecule has 0 saturated carbocycles. The number of nitrogens with two attached hydrogens (primary N) is 1. The lowest BCUT2D eigenvalue weighted by Gasteiger charge is -2.14. The Morgan fingerprint density at radius 2 is 1.70 bits per heavy atom. The van der Waals surface area contributed by atoms with Gasteiger partial charge in [0.1, 0.15) is 12.4 Å². The summed E-state index contributed by atoms with van der Waals surface area (Å²) in [5, 5.41) is 2.59. The number of benzene rings is 3. The summed E-state index contributed by atoms with van der Waals surface area (Å²) in [6.07, 6.45) is -0.555. The van der Waals surface area contributed by atoms with Gasteiger partial charge in [0.2, 0.25) is 0 Å². The fourth-order valence-corrected chi connectivity index (χ4v) is 3.70. The third kappa shape index (κ3) is 3.72. The standard InChI is InChI=1S/C25H21FN2O2/c1-16-23(27)13-12-17(24(16)26)7-6-14-28-25(29)30-15-22-20-10-4-2-8-18(20)19-9-3-5-11-21(19)22/h2-5,8-13,22H,14-15,27H2,1H3,(H,28,29). The van der Waals surface area contributed by atoms with E-state index >= 15 is 0 Å². The molecule has 0 unspecified atom stereocenters. The molecule has 0 radical (unpaired) electrons. The maximum Gasteiger partial charge on any atom is 0.407 e. The van der Waals surface area contributed by atoms with Crippen molar-refractivity contribution in [2.24, 2.45) is 0 Å². The van der Waals surface area contributed by atoms with Gasteiger partial charge in [0, 0.05) is 17.2 Å². The number of rotatable bonds is 3. The smallest absolute Gasteiger partial charge is 0.407 e. The van der Waals surface area contributed by atoms with E-state index in [-0.39, 0.29) is 24.6 Å². The van der Waals surface area contributed by atoms with Gasteiger partial charge in [-0.05, 0) is 41.3 Å². The summed E-state index contributed by atoms with van der Waals surface area (Å²) in [6.45, 7) is 1.89. The molecule has 5 heteroatoms. The number of nitrogens with one attached hydrogen (secondary N) is 1. The summed E-state index contributed by atoms with van der Waals surface area (Å²) >= 11 is 0. The molecule has 0 bridgehead atoms. The molecule has 150 valence electrons. The second-order valence-electron chi connectivity index (χ2n) is 7.12. The zero-order valence-electron chi connectivity index (χ0n) is 16.5. The van der Waals surface area contributed by atoms with Crippen molar-refractivity contribution >= 4 is 11.8 Å². The number of ether oxygens (including phenoxy) is 1. The van der Waals surface area contributed by atoms with E-state index in [4.69, 9.17) is 10.5 Å². The van der Waals surface area contributed by atoms with Crippen molar-refractivity contribution in [2.75, 3.05) is 18.9 Å². The van der Waals surface area contributed by atoms with Crippen LogP contribution in [0, 0.1) is 24.6 Å². The van der Waals surface area contributed by atoms with Crippen molar-refractivity contribution in [3.63, 3.8) is 0 Å². The quantitative estimate of drug-likeness (QED) is 0.499. The third-order valence-electron chi connectivity index (χ3n) is 5.32. The monoisotopic (exact) mass is 400 g/mol. The normalized spacial score (nSPS) is 11.8. The Hall–Kier alpha value is -3.78. The van der Waals surface area contributed by atoms with Crippen LogP contribution in [0.15, 0.2) is 60.7 Å². The number of alkyl carbamates (subject to hydrolysis) is 1. The first-order valence-corrected chi connectivity index (χ1v) is 9.68. The molecule has 3 N–H and O–H groups in total. The summed E-state index contributed by atoms with van der Waals surface area (Å²) in [6, 6.07) is 19.4. The minimum Gasteiger partial charge on any atom is -0.449 e. The SMILES string of the molecule is Cc1c(N)ccc(C#CCNC(=O)OCC2c3ccccc3-c3ccccc32)c1F. The maximum absolute atomic E-state index is 14.1. The molecule has 0 saturated heterocycles. The Morgan fingerprint density at radius 3 is 2.37 bits per heavy atom. The number of carbonyl (C=O) groups excluding carboxylic acids is 1. The second kappa shape index (κ2) is 8.30. The average Bonchev–Trinajstić information content (AvgIpc) is 3.09. The molecule has 0 heterocycles. The maximum atomic E-state index is 14.1. The molecule has 1 aliphatic rings. The van der Waals surface area contributed by atoms with Crippen molar-refractivity contribution < 1.29 is 13.9 Å². The Bertz CT molecular complexity index is 1130. The molecule has 0 aromatic heterocycles. The third-order valence-corrected chi connectivity index (χ3v) is 5.32. The first-order valence-electron chi connectivity index (χ1n) is 9.68. The molecule has 0 fully saturated rings. The Kier molecular flexibility index (Phi) is 5.40. The van der Waals surface area contributed by atoms with Gasteiger partial charge < -0.3 is 15.8 Å². The van der Waals surface area contributed by atoms with Crippen molar-refractivity contribution in [2.45, 2.75) is 12.8 Å². The van der Waals surface area contributed by atoms with Gasteiger partial charge in [-0.25, -0.2) is 9.18 Å². The highest BCUT2D eigenvalue weighted by molar-refractivity contribution is 5.79. The fourth-order valence-electron chi connectivity index (χ4n) is 3.70. The lowest BCUT2D eigenvalue weighted by Crippen LogP contribution is -2.26. The number of amides is 1. The van der Waals surface area contributed by atoms with E-state index in [1.165, 1.54) is 17.2 Å². The Morgan fingerprint density at radius 1 is 1.07 bits per heavy atom. The largest absolute Gasteiger partial charge is 0.449 e. The van der Waals surface area contributed by atoms with Gasteiger partial charge in [-0.1, -0.05) is 60.4 Å². The van der Waals surface area contributed by atoms with Crippen molar-refractivity contribution in [3.8, 4) is 23.0 Å². The molecular weight excluding hydrogens is 379 g/mol. The number of anilines is 1. The van der Waals surface area contributed by atoms with E-state index in [1.54, 1.807) is 13.0 Å². The molecule has 3 aromatic rings. The zero-order chi connectivity index (χ0) is 21.1. The molecule has 0 spiro atoms. The molecular formula is C25H21FN2O2. The van der Waals surface area contributed by atoms with E-state index < -0.39 is 11.9 Å². The number of halogens is 1. The molecule has 1 amide bonds. The number of fused-ring (bicyclic) bond motifs is 3. The number of hydrogen-bond acceptors (Lipinski definition) is 3. The van der Waals surface area contributed by atoms with Gasteiger partial charge in [0.25, 0.3) is 0 Å². The van der Waals surface area contributed by atoms with Crippen LogP contribution in [-0.2, 0) is 4.74 Å². The highest BCUT2D eigenvalue weighted by atomic mass is 19.1. The highest BCUT2D eigenvalue weighted by Gasteiger charge is 2.28. The fraction of sp³-hybridized carbons (Fsp3) is 0.160. The second-order valence-corrected chi connectivity index (χ2v) is 7.12. The molecule has 0 aliphatic heterocycles. The van der Waals surface area contributed by atoms with Gasteiger partial charge in [0.15, 0.2) is 0 Å². The van der Waals surface area contributed by atoms with Crippen LogP contribution in [0.3, 0.4) is 0 Å². The Labute approximate surface area is 174 Å². The van der Waals surface area contributed by atoms with Crippen LogP contribution >= 0.6 is 0 Å². The zero-order valence-corrected chi connectivity index (χ0v) is 16.5. The van der Waals surface area contributed by atoms with Crippen LogP contribution in [0.5, 0.6) is 0 Å². The van der Waals surface area contributed by atoms with Crippen LogP contribution in [0.1, 0.15) is 28.2 Å². The number of hydrogen-bond donors (Lipinski definition) is 2. The Balaban J connectivity index is 1.36. The number of carbonyl (C=O) groups is 1. The van der Waals surface area contributed by atoms with E-state index in [9.17, 15) is 9.18 Å². The van der Waals surface area contributed by atoms with Gasteiger partial charge >= 0.3 is 6.09 Å². The minimum atomic E-state index is -0.555. The van der Waals surface area contributed by atoms with E-state index in [0.717, 1.165) is 11.1 Å². The van der Waals surface area contributed by atoms with Gasteiger partial charge in [-0.15, -0.1) is 0 Å². The summed E-state index contributed by atoms with van der Waals surface area (Å²) in [5.41, 5.74) is 11.3.